The minimum Gasteiger partial charge on any atom is -0.491 e. The topological polar surface area (TPSA) is 50.6 Å². The van der Waals surface area contributed by atoms with Crippen molar-refractivity contribution in [1.82, 2.24) is 15.2 Å². The van der Waals surface area contributed by atoms with Gasteiger partial charge < -0.3 is 19.9 Å². The SMILES string of the molecule is CN=C(NCc1cccc(OC(C)C)c1)NCc1cc(Cl)c(Cl)n1C.I. The minimum atomic E-state index is 0. The van der Waals surface area contributed by atoms with Gasteiger partial charge in [-0.15, -0.1) is 24.0 Å². The maximum atomic E-state index is 6.08. The van der Waals surface area contributed by atoms with Gasteiger partial charge in [0.25, 0.3) is 0 Å². The first-order chi connectivity index (χ1) is 11.9. The van der Waals surface area contributed by atoms with Crippen LogP contribution in [0.5, 0.6) is 5.75 Å². The van der Waals surface area contributed by atoms with E-state index in [0.29, 0.717) is 29.2 Å². The zero-order valence-corrected chi connectivity index (χ0v) is 19.2. The zero-order valence-electron chi connectivity index (χ0n) is 15.3. The Bertz CT molecular complexity index is 747. The molecule has 5 nitrogen and oxygen atoms in total. The molecule has 1 aromatic heterocycles. The van der Waals surface area contributed by atoms with Crippen LogP contribution in [0.3, 0.4) is 0 Å². The van der Waals surface area contributed by atoms with E-state index in [0.717, 1.165) is 17.0 Å². The fourth-order valence-electron chi connectivity index (χ4n) is 2.34. The van der Waals surface area contributed by atoms with Crippen molar-refractivity contribution in [2.75, 3.05) is 7.05 Å². The minimum absolute atomic E-state index is 0. The zero-order chi connectivity index (χ0) is 18.4. The Morgan fingerprint density at radius 2 is 1.88 bits per heavy atom. The number of halogens is 3. The first kappa shape index (κ1) is 22.9. The number of nitrogens with one attached hydrogen (secondary N) is 2. The number of benzene rings is 1. The molecule has 144 valence electrons. The van der Waals surface area contributed by atoms with Crippen LogP contribution < -0.4 is 15.4 Å². The van der Waals surface area contributed by atoms with Crippen LogP contribution in [0.2, 0.25) is 10.2 Å². The van der Waals surface area contributed by atoms with Gasteiger partial charge in [0.15, 0.2) is 5.96 Å². The third-order valence-corrected chi connectivity index (χ3v) is 4.45. The van der Waals surface area contributed by atoms with Gasteiger partial charge in [-0.1, -0.05) is 35.3 Å². The second-order valence-corrected chi connectivity index (χ2v) is 6.69. The van der Waals surface area contributed by atoms with Crippen molar-refractivity contribution in [3.05, 3.63) is 51.8 Å². The molecule has 0 atom stereocenters. The number of aliphatic imine (C=N–C) groups is 1. The van der Waals surface area contributed by atoms with Crippen molar-refractivity contribution in [1.29, 1.82) is 0 Å². The molecule has 0 aliphatic heterocycles. The molecule has 0 unspecified atom stereocenters. The lowest BCUT2D eigenvalue weighted by Gasteiger charge is -2.14. The van der Waals surface area contributed by atoms with Gasteiger partial charge in [0.05, 0.1) is 17.7 Å². The normalized spacial score (nSPS) is 11.3. The van der Waals surface area contributed by atoms with Gasteiger partial charge >= 0.3 is 0 Å². The number of nitrogens with zero attached hydrogens (tertiary/aromatic N) is 2. The summed E-state index contributed by atoms with van der Waals surface area (Å²) in [6, 6.07) is 9.86. The molecular formula is C18H25Cl2IN4O. The molecule has 1 heterocycles. The van der Waals surface area contributed by atoms with Gasteiger partial charge in [-0.25, -0.2) is 0 Å². The van der Waals surface area contributed by atoms with E-state index in [9.17, 15) is 0 Å². The van der Waals surface area contributed by atoms with Gasteiger partial charge in [0.1, 0.15) is 10.9 Å². The Labute approximate surface area is 182 Å². The Kier molecular flexibility index (Phi) is 9.60. The summed E-state index contributed by atoms with van der Waals surface area (Å²) in [6.45, 7) is 5.24. The Morgan fingerprint density at radius 1 is 1.19 bits per heavy atom. The van der Waals surface area contributed by atoms with E-state index in [1.165, 1.54) is 0 Å². The summed E-state index contributed by atoms with van der Waals surface area (Å²) in [7, 11) is 3.61. The Hall–Kier alpha value is -1.12. The largest absolute Gasteiger partial charge is 0.491 e. The molecule has 2 aromatic rings. The summed E-state index contributed by atoms with van der Waals surface area (Å²) in [5, 5.41) is 7.62. The summed E-state index contributed by atoms with van der Waals surface area (Å²) < 4.78 is 7.56. The van der Waals surface area contributed by atoms with Crippen LogP contribution in [-0.2, 0) is 20.1 Å². The molecule has 1 aromatic carbocycles. The summed E-state index contributed by atoms with van der Waals surface area (Å²) in [4.78, 5) is 4.24. The van der Waals surface area contributed by atoms with E-state index in [1.54, 1.807) is 7.05 Å². The third kappa shape index (κ3) is 6.55. The molecule has 0 saturated carbocycles. The highest BCUT2D eigenvalue weighted by Gasteiger charge is 2.09. The fourth-order valence-corrected chi connectivity index (χ4v) is 2.76. The van der Waals surface area contributed by atoms with E-state index in [1.807, 2.05) is 55.8 Å². The maximum absolute atomic E-state index is 6.08. The highest BCUT2D eigenvalue weighted by Crippen LogP contribution is 2.24. The number of hydrogen-bond donors (Lipinski definition) is 2. The van der Waals surface area contributed by atoms with Crippen LogP contribution in [0.1, 0.15) is 25.1 Å². The standard InChI is InChI=1S/C18H24Cl2N4O.HI/c1-12(2)25-15-7-5-6-13(8-15)10-22-18(21-3)23-11-14-9-16(19)17(20)24(14)4;/h5-9,12H,10-11H2,1-4H3,(H2,21,22,23);1H. The van der Waals surface area contributed by atoms with Gasteiger partial charge in [-0.3, -0.25) is 4.99 Å². The molecule has 0 aliphatic carbocycles. The maximum Gasteiger partial charge on any atom is 0.191 e. The van der Waals surface area contributed by atoms with Gasteiger partial charge in [0, 0.05) is 26.3 Å². The molecule has 0 saturated heterocycles. The number of hydrogen-bond acceptors (Lipinski definition) is 2. The van der Waals surface area contributed by atoms with Gasteiger partial charge in [0.2, 0.25) is 0 Å². The summed E-state index contributed by atoms with van der Waals surface area (Å²) in [6.07, 6.45) is 0.154. The van der Waals surface area contributed by atoms with E-state index in [4.69, 9.17) is 27.9 Å². The van der Waals surface area contributed by atoms with Crippen LogP contribution >= 0.6 is 47.2 Å². The molecule has 0 radical (unpaired) electrons. The van der Waals surface area contributed by atoms with Crippen molar-refractivity contribution in [2.45, 2.75) is 33.0 Å². The molecule has 0 spiro atoms. The first-order valence-electron chi connectivity index (χ1n) is 8.10. The molecule has 8 heteroatoms. The summed E-state index contributed by atoms with van der Waals surface area (Å²) in [5.74, 6) is 1.56. The number of guanidine groups is 1. The van der Waals surface area contributed by atoms with E-state index < -0.39 is 0 Å². The average molecular weight is 511 g/mol. The van der Waals surface area contributed by atoms with Crippen LogP contribution in [0, 0.1) is 0 Å². The second kappa shape index (κ2) is 10.9. The van der Waals surface area contributed by atoms with Crippen LogP contribution in [0.25, 0.3) is 0 Å². The molecule has 0 amide bonds. The van der Waals surface area contributed by atoms with Crippen LogP contribution in [0.15, 0.2) is 35.3 Å². The monoisotopic (exact) mass is 510 g/mol. The molecule has 2 N–H and O–H groups in total. The van der Waals surface area contributed by atoms with Crippen molar-refractivity contribution in [3.8, 4) is 5.75 Å². The van der Waals surface area contributed by atoms with Crippen molar-refractivity contribution < 1.29 is 4.74 Å². The second-order valence-electron chi connectivity index (χ2n) is 5.93. The highest BCUT2D eigenvalue weighted by atomic mass is 127. The highest BCUT2D eigenvalue weighted by molar-refractivity contribution is 14.0. The predicted octanol–water partition coefficient (Wildman–Crippen LogP) is 4.60. The molecule has 2 rings (SSSR count). The quantitative estimate of drug-likeness (QED) is 0.339. The summed E-state index contributed by atoms with van der Waals surface area (Å²) in [5.41, 5.74) is 2.09. The smallest absolute Gasteiger partial charge is 0.191 e. The van der Waals surface area contributed by atoms with E-state index >= 15 is 0 Å². The first-order valence-corrected chi connectivity index (χ1v) is 8.86. The lowest BCUT2D eigenvalue weighted by atomic mass is 10.2. The number of aromatic nitrogens is 1. The molecule has 0 fully saturated rings. The number of ether oxygens (including phenoxy) is 1. The van der Waals surface area contributed by atoms with Crippen molar-refractivity contribution in [3.63, 3.8) is 0 Å². The molecule has 26 heavy (non-hydrogen) atoms. The molecule has 0 aliphatic rings. The van der Waals surface area contributed by atoms with Gasteiger partial charge in [-0.05, 0) is 37.6 Å². The molecule has 0 bridgehead atoms. The number of rotatable bonds is 6. The van der Waals surface area contributed by atoms with Crippen LogP contribution in [0.4, 0.5) is 0 Å². The van der Waals surface area contributed by atoms with Crippen molar-refractivity contribution in [2.24, 2.45) is 12.0 Å². The Morgan fingerprint density at radius 3 is 2.46 bits per heavy atom. The third-order valence-electron chi connectivity index (χ3n) is 3.61. The van der Waals surface area contributed by atoms with Crippen LogP contribution in [-0.4, -0.2) is 23.7 Å². The average Bonchev–Trinajstić information content (AvgIpc) is 2.82. The predicted molar refractivity (Wildman–Crippen MR) is 120 cm³/mol. The lowest BCUT2D eigenvalue weighted by molar-refractivity contribution is 0.242. The van der Waals surface area contributed by atoms with E-state index in [2.05, 4.69) is 15.6 Å². The van der Waals surface area contributed by atoms with E-state index in [-0.39, 0.29) is 30.1 Å². The lowest BCUT2D eigenvalue weighted by Crippen LogP contribution is -2.36. The van der Waals surface area contributed by atoms with Crippen molar-refractivity contribution >= 4 is 53.1 Å². The fraction of sp³-hybridized carbons (Fsp3) is 0.389. The molecular weight excluding hydrogens is 486 g/mol. The summed E-state index contributed by atoms with van der Waals surface area (Å²) >= 11 is 12.1. The Balaban J connectivity index is 0.00000338. The van der Waals surface area contributed by atoms with Gasteiger partial charge in [-0.2, -0.15) is 0 Å².